The molecule has 0 spiro atoms. The Balaban J connectivity index is 3.57. The standard InChI is InChI=1S/C7H5F5N5O/c1-17-5(14-16-13)3(2-18)4(15-17)6(8,9)7(10,11)12/h2,13H,1H3/q+1. The number of aromatic nitrogens is 2. The largest absolute Gasteiger partial charge is 0.459 e. The monoisotopic (exact) mass is 270 g/mol. The van der Waals surface area contributed by atoms with Gasteiger partial charge in [0.1, 0.15) is 5.53 Å². The number of aryl methyl sites for hydroxylation is 1. The van der Waals surface area contributed by atoms with E-state index in [-0.39, 0.29) is 6.29 Å². The third-order valence-corrected chi connectivity index (χ3v) is 1.97. The van der Waals surface area contributed by atoms with Gasteiger partial charge in [-0.3, -0.25) is 4.79 Å². The van der Waals surface area contributed by atoms with Crippen molar-refractivity contribution in [1.82, 2.24) is 14.7 Å². The zero-order valence-corrected chi connectivity index (χ0v) is 8.66. The summed E-state index contributed by atoms with van der Waals surface area (Å²) in [5, 5.41) is 5.87. The minimum Gasteiger partial charge on any atom is -0.298 e. The third-order valence-electron chi connectivity index (χ3n) is 1.97. The van der Waals surface area contributed by atoms with E-state index in [0.717, 1.165) is 7.05 Å². The summed E-state index contributed by atoms with van der Waals surface area (Å²) in [6.07, 6.45) is -6.14. The van der Waals surface area contributed by atoms with Crippen LogP contribution in [0.25, 0.3) is 0 Å². The highest BCUT2D eigenvalue weighted by Crippen LogP contribution is 2.45. The lowest BCUT2D eigenvalue weighted by molar-refractivity contribution is -0.291. The number of aldehydes is 1. The molecule has 18 heavy (non-hydrogen) atoms. The quantitative estimate of drug-likeness (QED) is 0.394. The summed E-state index contributed by atoms with van der Waals surface area (Å²) in [6, 6.07) is 0. The third kappa shape index (κ3) is 1.99. The van der Waals surface area contributed by atoms with Gasteiger partial charge in [0.2, 0.25) is 4.91 Å². The fourth-order valence-electron chi connectivity index (χ4n) is 1.17. The smallest absolute Gasteiger partial charge is 0.298 e. The van der Waals surface area contributed by atoms with Crippen molar-refractivity contribution in [3.8, 4) is 0 Å². The lowest BCUT2D eigenvalue weighted by Gasteiger charge is -2.17. The molecule has 1 heterocycles. The number of alkyl halides is 5. The Morgan fingerprint density at radius 2 is 1.94 bits per heavy atom. The van der Waals surface area contributed by atoms with Crippen LogP contribution < -0.4 is 4.91 Å². The van der Waals surface area contributed by atoms with Gasteiger partial charge in [0.05, 0.1) is 5.56 Å². The maximum absolute atomic E-state index is 13.1. The molecule has 1 aromatic heterocycles. The van der Waals surface area contributed by atoms with Crippen LogP contribution in [0.15, 0.2) is 5.11 Å². The van der Waals surface area contributed by atoms with Crippen LogP contribution in [0.1, 0.15) is 16.1 Å². The number of nitrogens with one attached hydrogen (secondary N) is 1. The van der Waals surface area contributed by atoms with Crippen LogP contribution in [-0.4, -0.2) is 22.2 Å². The topological polar surface area (TPSA) is 85.2 Å². The highest BCUT2D eigenvalue weighted by Gasteiger charge is 2.62. The molecule has 1 aromatic rings. The van der Waals surface area contributed by atoms with E-state index in [9.17, 15) is 26.7 Å². The number of carbonyl (C=O) groups is 1. The zero-order chi connectivity index (χ0) is 14.1. The van der Waals surface area contributed by atoms with E-state index in [1.807, 2.05) is 0 Å². The van der Waals surface area contributed by atoms with Crippen LogP contribution in [-0.2, 0) is 13.0 Å². The van der Waals surface area contributed by atoms with Crippen LogP contribution in [0, 0.1) is 5.53 Å². The molecular weight excluding hydrogens is 265 g/mol. The van der Waals surface area contributed by atoms with Gasteiger partial charge in [-0.15, -0.1) is 0 Å². The van der Waals surface area contributed by atoms with E-state index in [1.165, 1.54) is 0 Å². The minimum atomic E-state index is -5.89. The second-order valence-corrected chi connectivity index (χ2v) is 3.10. The van der Waals surface area contributed by atoms with Gasteiger partial charge in [-0.2, -0.15) is 27.1 Å². The van der Waals surface area contributed by atoms with Crippen molar-refractivity contribution in [3.63, 3.8) is 0 Å². The van der Waals surface area contributed by atoms with Crippen LogP contribution >= 0.6 is 0 Å². The normalized spacial score (nSPS) is 12.1. The molecule has 0 saturated carbocycles. The van der Waals surface area contributed by atoms with E-state index >= 15 is 0 Å². The van der Waals surface area contributed by atoms with Gasteiger partial charge in [-0.25, -0.2) is 4.68 Å². The Labute approximate surface area is 95.6 Å². The summed E-state index contributed by atoms with van der Waals surface area (Å²) >= 11 is 0. The number of hydrogen-bond donors (Lipinski definition) is 1. The number of halogens is 5. The van der Waals surface area contributed by atoms with Crippen LogP contribution in [0.3, 0.4) is 0 Å². The molecule has 1 N–H and O–H groups in total. The van der Waals surface area contributed by atoms with Crippen LogP contribution in [0.2, 0.25) is 0 Å². The van der Waals surface area contributed by atoms with Crippen molar-refractivity contribution in [2.24, 2.45) is 12.2 Å². The number of hydrogen-bond acceptors (Lipinski definition) is 4. The second-order valence-electron chi connectivity index (χ2n) is 3.10. The molecule has 1 rings (SSSR count). The fraction of sp³-hybridized carbons (Fsp3) is 0.429. The summed E-state index contributed by atoms with van der Waals surface area (Å²) in [4.78, 5) is 13.1. The molecule has 0 unspecified atom stereocenters. The molecular formula is C7H5F5N5O+. The van der Waals surface area contributed by atoms with Gasteiger partial charge in [-0.1, -0.05) is 0 Å². The van der Waals surface area contributed by atoms with Crippen LogP contribution in [0.4, 0.5) is 27.8 Å². The SMILES string of the molecule is Cn1nc(C(F)(F)C(F)(F)F)c(C=O)c1N=[N+]=N. The van der Waals surface area contributed by atoms with E-state index in [2.05, 4.69) is 15.1 Å². The van der Waals surface area contributed by atoms with Crippen molar-refractivity contribution >= 4 is 12.1 Å². The Hall–Kier alpha value is -2.16. The van der Waals surface area contributed by atoms with Gasteiger partial charge in [0, 0.05) is 7.05 Å². The first-order valence-electron chi connectivity index (χ1n) is 4.21. The van der Waals surface area contributed by atoms with Crippen LogP contribution in [0.5, 0.6) is 0 Å². The Kier molecular flexibility index (Phi) is 3.29. The molecule has 6 nitrogen and oxygen atoms in total. The van der Waals surface area contributed by atoms with Gasteiger partial charge >= 0.3 is 12.1 Å². The maximum Gasteiger partial charge on any atom is 0.459 e. The second kappa shape index (κ2) is 4.26. The first-order chi connectivity index (χ1) is 8.16. The lowest BCUT2D eigenvalue weighted by atomic mass is 10.1. The molecule has 0 amide bonds. The van der Waals surface area contributed by atoms with Crippen molar-refractivity contribution in [1.29, 1.82) is 5.53 Å². The molecule has 0 aliphatic heterocycles. The average molecular weight is 270 g/mol. The lowest BCUT2D eigenvalue weighted by Crippen LogP contribution is -2.35. The number of rotatable bonds is 3. The van der Waals surface area contributed by atoms with E-state index < -0.39 is 29.2 Å². The fourth-order valence-corrected chi connectivity index (χ4v) is 1.17. The first kappa shape index (κ1) is 13.9. The molecule has 0 aliphatic rings. The molecule has 98 valence electrons. The first-order valence-corrected chi connectivity index (χ1v) is 4.21. The Morgan fingerprint density at radius 3 is 2.33 bits per heavy atom. The van der Waals surface area contributed by atoms with E-state index in [4.69, 9.17) is 5.53 Å². The Bertz CT molecular complexity index is 527. The molecule has 0 saturated heterocycles. The Morgan fingerprint density at radius 1 is 1.39 bits per heavy atom. The van der Waals surface area contributed by atoms with Gasteiger partial charge in [0.15, 0.2) is 17.1 Å². The van der Waals surface area contributed by atoms with Gasteiger partial charge < -0.3 is 0 Å². The summed E-state index contributed by atoms with van der Waals surface area (Å²) < 4.78 is 63.1. The van der Waals surface area contributed by atoms with Gasteiger partial charge in [0.25, 0.3) is 5.82 Å². The van der Waals surface area contributed by atoms with Gasteiger partial charge in [-0.05, 0) is 0 Å². The average Bonchev–Trinajstić information content (AvgIpc) is 2.55. The number of carbonyl (C=O) groups excluding carboxylic acids is 1. The predicted molar refractivity (Wildman–Crippen MR) is 45.5 cm³/mol. The molecule has 11 heteroatoms. The highest BCUT2D eigenvalue weighted by molar-refractivity contribution is 5.83. The molecule has 0 aromatic carbocycles. The van der Waals surface area contributed by atoms with E-state index in [0.29, 0.717) is 4.68 Å². The van der Waals surface area contributed by atoms with E-state index in [1.54, 1.807) is 0 Å². The van der Waals surface area contributed by atoms with Crippen molar-refractivity contribution in [2.45, 2.75) is 12.1 Å². The molecule has 0 fully saturated rings. The molecule has 0 bridgehead atoms. The predicted octanol–water partition coefficient (Wildman–Crippen LogP) is 2.07. The summed E-state index contributed by atoms with van der Waals surface area (Å²) in [5.41, 5.74) is 3.56. The van der Waals surface area contributed by atoms with Crippen molar-refractivity contribution in [2.75, 3.05) is 0 Å². The minimum absolute atomic E-state index is 0.244. The summed E-state index contributed by atoms with van der Waals surface area (Å²) in [6.45, 7) is 0. The highest BCUT2D eigenvalue weighted by atomic mass is 19.4. The maximum atomic E-state index is 13.1. The molecule has 0 radical (unpaired) electrons. The molecule has 0 aliphatic carbocycles. The van der Waals surface area contributed by atoms with Crippen molar-refractivity contribution < 1.29 is 26.7 Å². The number of nitrogens with zero attached hydrogens (tertiary/aromatic N) is 4. The molecule has 0 atom stereocenters. The summed E-state index contributed by atoms with van der Waals surface area (Å²) in [5.74, 6) is -5.95. The summed E-state index contributed by atoms with van der Waals surface area (Å²) in [7, 11) is 0.993. The zero-order valence-electron chi connectivity index (χ0n) is 8.66. The van der Waals surface area contributed by atoms with Crippen molar-refractivity contribution in [3.05, 3.63) is 11.3 Å².